The zero-order valence-corrected chi connectivity index (χ0v) is 44.0. The third-order valence-electron chi connectivity index (χ3n) is 13.9. The van der Waals surface area contributed by atoms with E-state index in [2.05, 4.69) is 27.8 Å². The summed E-state index contributed by atoms with van der Waals surface area (Å²) in [6, 6.07) is 25.8. The van der Waals surface area contributed by atoms with E-state index in [0.29, 0.717) is 62.5 Å². The van der Waals surface area contributed by atoms with E-state index in [1.54, 1.807) is 13.8 Å². The highest BCUT2D eigenvalue weighted by Gasteiger charge is 2.40. The van der Waals surface area contributed by atoms with Crippen LogP contribution in [-0.2, 0) is 33.6 Å². The first kappa shape index (κ1) is 57.5. The molecule has 2 fully saturated rings. The molecule has 73 heavy (non-hydrogen) atoms. The monoisotopic (exact) mass is 1020 g/mol. The lowest BCUT2D eigenvalue weighted by Crippen LogP contribution is -2.52. The fourth-order valence-electron chi connectivity index (χ4n) is 9.46. The molecule has 3 aromatic rings. The van der Waals surface area contributed by atoms with Crippen LogP contribution >= 0.6 is 11.8 Å². The zero-order valence-electron chi connectivity index (χ0n) is 43.1. The maximum absolute atomic E-state index is 14.8. The number of hydrogen-bond donors (Lipinski definition) is 6. The van der Waals surface area contributed by atoms with Gasteiger partial charge in [-0.2, -0.15) is 11.8 Å². The molecular formula is C55H78N10O7S. The van der Waals surface area contributed by atoms with Crippen molar-refractivity contribution >= 4 is 53.1 Å². The van der Waals surface area contributed by atoms with Gasteiger partial charge < -0.3 is 52.3 Å². The van der Waals surface area contributed by atoms with Gasteiger partial charge in [-0.25, -0.2) is 0 Å². The summed E-state index contributed by atoms with van der Waals surface area (Å²) >= 11 is 1.96. The standard InChI is InChI=1S/C55H78N10O7S/c1-38(43-21-9-6-10-22-43)63(42(5)66)35-51(69)62(32-20-18-30-56)34-52(70)65(40(3)45-25-13-8-14-26-45)36-53(71)64(39(2)44-23-11-7-12-24-44)33-50(68)61-46(55(57)72)27-17-19-31-58-49(67)29-16-15-28-48-54-47(37-73-48)59-41(4)60-54/h6-14,21-26,38-40,46-48,54,59-60H,4,15-20,27-37,56H2,1-3,5H3,(H2,57,72)(H,58,67)(H,61,68)/t38-,39-,40-,46-,47-,48?,54-/m0/s1. The number of benzene rings is 3. The van der Waals surface area contributed by atoms with E-state index in [1.807, 2.05) is 110 Å². The number of amides is 7. The maximum atomic E-state index is 14.8. The van der Waals surface area contributed by atoms with E-state index < -0.39 is 66.8 Å². The molecule has 7 amide bonds. The fraction of sp³-hybridized carbons (Fsp3) is 0.509. The first-order valence-electron chi connectivity index (χ1n) is 25.8. The second kappa shape index (κ2) is 29.3. The summed E-state index contributed by atoms with van der Waals surface area (Å²) < 4.78 is 0. The van der Waals surface area contributed by atoms with Gasteiger partial charge in [-0.15, -0.1) is 0 Å². The molecule has 1 unspecified atom stereocenters. The maximum Gasteiger partial charge on any atom is 0.243 e. The SMILES string of the molecule is C=C1N[C@H]2CSC(CCCCC(=O)NCCCC[C@H](NC(=O)CN(C(=O)CN(C(=O)CN(CCCCN)C(=O)CN(C(C)=O)[C@@H](C)c3ccccc3)[C@@H](C)c3ccccc3)[C@@H](C)c3ccccc3)C(N)=O)[C@H]2N1. The van der Waals surface area contributed by atoms with Crippen molar-refractivity contribution in [3.05, 3.63) is 120 Å². The van der Waals surface area contributed by atoms with Gasteiger partial charge in [0.25, 0.3) is 0 Å². The first-order valence-corrected chi connectivity index (χ1v) is 26.8. The van der Waals surface area contributed by atoms with E-state index in [1.165, 1.54) is 26.5 Å². The molecule has 0 aliphatic carbocycles. The van der Waals surface area contributed by atoms with Gasteiger partial charge in [0, 0.05) is 37.4 Å². The molecule has 8 N–H and O–H groups in total. The summed E-state index contributed by atoms with van der Waals surface area (Å²) in [5.74, 6) is -1.23. The largest absolute Gasteiger partial charge is 0.368 e. The Labute approximate surface area is 436 Å². The Balaban J connectivity index is 1.23. The predicted octanol–water partition coefficient (Wildman–Crippen LogP) is 4.68. The Morgan fingerprint density at radius 1 is 0.671 bits per heavy atom. The van der Waals surface area contributed by atoms with Crippen LogP contribution in [0, 0.1) is 0 Å². The van der Waals surface area contributed by atoms with Crippen LogP contribution in [0.3, 0.4) is 0 Å². The van der Waals surface area contributed by atoms with Gasteiger partial charge in [0.15, 0.2) is 0 Å². The number of unbranched alkanes of at least 4 members (excludes halogenated alkanes) is 3. The Hall–Kier alpha value is -6.40. The Morgan fingerprint density at radius 3 is 1.78 bits per heavy atom. The van der Waals surface area contributed by atoms with Crippen LogP contribution in [0.25, 0.3) is 0 Å². The highest BCUT2D eigenvalue weighted by atomic mass is 32.2. The Kier molecular flexibility index (Phi) is 23.1. The average Bonchev–Trinajstić information content (AvgIpc) is 3.95. The van der Waals surface area contributed by atoms with Crippen LogP contribution in [-0.4, -0.2) is 136 Å². The summed E-state index contributed by atoms with van der Waals surface area (Å²) in [4.78, 5) is 102. The number of primary amides is 1. The minimum Gasteiger partial charge on any atom is -0.368 e. The van der Waals surface area contributed by atoms with E-state index in [4.69, 9.17) is 11.5 Å². The van der Waals surface area contributed by atoms with E-state index in [9.17, 15) is 33.6 Å². The van der Waals surface area contributed by atoms with Gasteiger partial charge in [0.2, 0.25) is 41.4 Å². The summed E-state index contributed by atoms with van der Waals surface area (Å²) in [5.41, 5.74) is 14.0. The number of carbonyl (C=O) groups excluding carboxylic acids is 7. The highest BCUT2D eigenvalue weighted by molar-refractivity contribution is 8.00. The number of rotatable bonds is 30. The molecule has 396 valence electrons. The second-order valence-electron chi connectivity index (χ2n) is 19.1. The summed E-state index contributed by atoms with van der Waals surface area (Å²) in [7, 11) is 0. The van der Waals surface area contributed by atoms with Crippen molar-refractivity contribution in [3.8, 4) is 0 Å². The molecule has 5 rings (SSSR count). The molecular weight excluding hydrogens is 945 g/mol. The van der Waals surface area contributed by atoms with Crippen molar-refractivity contribution in [2.75, 3.05) is 51.6 Å². The van der Waals surface area contributed by atoms with Gasteiger partial charge in [-0.1, -0.05) is 104 Å². The van der Waals surface area contributed by atoms with Crippen LogP contribution in [0.1, 0.15) is 120 Å². The van der Waals surface area contributed by atoms with Crippen molar-refractivity contribution < 1.29 is 33.6 Å². The number of fused-ring (bicyclic) bond motifs is 1. The molecule has 0 bridgehead atoms. The number of hydrogen-bond acceptors (Lipinski definition) is 11. The first-order chi connectivity index (χ1) is 35.1. The molecule has 17 nitrogen and oxygen atoms in total. The summed E-state index contributed by atoms with van der Waals surface area (Å²) in [6.45, 7) is 10.2. The van der Waals surface area contributed by atoms with Gasteiger partial charge in [-0.05, 0) is 89.0 Å². The molecule has 2 heterocycles. The third-order valence-corrected chi connectivity index (χ3v) is 15.4. The normalized spacial score (nSPS) is 17.4. The van der Waals surface area contributed by atoms with E-state index >= 15 is 0 Å². The van der Waals surface area contributed by atoms with Crippen LogP contribution in [0.2, 0.25) is 0 Å². The van der Waals surface area contributed by atoms with Crippen molar-refractivity contribution in [2.45, 2.75) is 127 Å². The molecule has 18 heteroatoms. The van der Waals surface area contributed by atoms with Crippen molar-refractivity contribution in [1.82, 2.24) is 40.9 Å². The van der Waals surface area contributed by atoms with Gasteiger partial charge in [0.05, 0.1) is 42.6 Å². The molecule has 0 saturated carbocycles. The molecule has 3 aromatic carbocycles. The van der Waals surface area contributed by atoms with E-state index in [-0.39, 0.29) is 37.9 Å². The number of nitrogens with zero attached hydrogens (tertiary/aromatic N) is 4. The number of nitrogens with two attached hydrogens (primary N) is 2. The third kappa shape index (κ3) is 17.7. The van der Waals surface area contributed by atoms with Crippen LogP contribution < -0.4 is 32.7 Å². The smallest absolute Gasteiger partial charge is 0.243 e. The molecule has 0 aromatic heterocycles. The molecule has 2 saturated heterocycles. The topological polar surface area (TPSA) is 233 Å². The lowest BCUT2D eigenvalue weighted by Gasteiger charge is -2.36. The zero-order chi connectivity index (χ0) is 52.9. The quantitative estimate of drug-likeness (QED) is 0.0502. The van der Waals surface area contributed by atoms with Crippen molar-refractivity contribution in [2.24, 2.45) is 11.5 Å². The second-order valence-corrected chi connectivity index (χ2v) is 20.4. The Morgan fingerprint density at radius 2 is 1.22 bits per heavy atom. The van der Waals surface area contributed by atoms with Crippen molar-refractivity contribution in [1.29, 1.82) is 0 Å². The predicted molar refractivity (Wildman–Crippen MR) is 286 cm³/mol. The van der Waals surface area contributed by atoms with Crippen LogP contribution in [0.4, 0.5) is 0 Å². The van der Waals surface area contributed by atoms with Crippen LogP contribution in [0.15, 0.2) is 103 Å². The molecule has 0 radical (unpaired) electrons. The minimum absolute atomic E-state index is 0.0278. The number of carbonyl (C=O) groups is 7. The lowest BCUT2D eigenvalue weighted by molar-refractivity contribution is -0.149. The lowest BCUT2D eigenvalue weighted by atomic mass is 10.0. The average molecular weight is 1020 g/mol. The molecule has 2 aliphatic heterocycles. The van der Waals surface area contributed by atoms with Crippen molar-refractivity contribution in [3.63, 3.8) is 0 Å². The number of nitrogens with one attached hydrogen (secondary N) is 4. The Bertz CT molecular complexity index is 2290. The molecule has 0 spiro atoms. The number of thioether (sulfide) groups is 1. The fourth-order valence-corrected chi connectivity index (χ4v) is 11.0. The van der Waals surface area contributed by atoms with Gasteiger partial charge >= 0.3 is 0 Å². The van der Waals surface area contributed by atoms with Crippen LogP contribution in [0.5, 0.6) is 0 Å². The highest BCUT2D eigenvalue weighted by Crippen LogP contribution is 2.34. The molecule has 7 atom stereocenters. The van der Waals surface area contributed by atoms with E-state index in [0.717, 1.165) is 47.5 Å². The molecule has 2 aliphatic rings. The van der Waals surface area contributed by atoms with Gasteiger partial charge in [0.1, 0.15) is 25.7 Å². The summed E-state index contributed by atoms with van der Waals surface area (Å²) in [6.07, 6.45) is 5.58. The summed E-state index contributed by atoms with van der Waals surface area (Å²) in [5, 5.41) is 13.0. The minimum atomic E-state index is -1.03. The van der Waals surface area contributed by atoms with Gasteiger partial charge in [-0.3, -0.25) is 33.6 Å².